The molecule has 2 aromatic carbocycles. The first-order valence-corrected chi connectivity index (χ1v) is 10.5. The Bertz CT molecular complexity index is 1000. The summed E-state index contributed by atoms with van der Waals surface area (Å²) in [5, 5.41) is 7.05. The molecule has 2 atom stereocenters. The molecule has 0 aliphatic carbocycles. The van der Waals surface area contributed by atoms with E-state index >= 15 is 0 Å². The molecule has 0 saturated carbocycles. The molecule has 0 spiro atoms. The number of benzene rings is 2. The lowest BCUT2D eigenvalue weighted by atomic mass is 10.0. The molecule has 30 heavy (non-hydrogen) atoms. The summed E-state index contributed by atoms with van der Waals surface area (Å²) in [7, 11) is 1.32. The Morgan fingerprint density at radius 3 is 2.53 bits per heavy atom. The number of aryl methyl sites for hydroxylation is 1. The van der Waals surface area contributed by atoms with E-state index < -0.39 is 18.1 Å². The van der Waals surface area contributed by atoms with E-state index in [9.17, 15) is 9.59 Å². The third kappa shape index (κ3) is 5.43. The second kappa shape index (κ2) is 10.3. The molecule has 158 valence electrons. The average molecular weight is 426 g/mol. The molecule has 3 rings (SSSR count). The van der Waals surface area contributed by atoms with E-state index in [2.05, 4.69) is 28.2 Å². The summed E-state index contributed by atoms with van der Waals surface area (Å²) in [6.45, 7) is 2.56. The number of hydrogen-bond acceptors (Lipinski definition) is 5. The van der Waals surface area contributed by atoms with Crippen LogP contribution in [0.25, 0.3) is 10.9 Å². The number of carbonyl (C=O) groups excluding carboxylic acids is 2. The number of fused-ring (bicyclic) bond motifs is 1. The van der Waals surface area contributed by atoms with Crippen LogP contribution in [0.15, 0.2) is 54.7 Å². The van der Waals surface area contributed by atoms with Crippen molar-refractivity contribution >= 4 is 35.4 Å². The highest BCUT2D eigenvalue weighted by molar-refractivity contribution is 7.80. The van der Waals surface area contributed by atoms with Crippen molar-refractivity contribution in [2.24, 2.45) is 0 Å². The maximum absolute atomic E-state index is 12.8. The molecular formula is C23H27N3O3S. The highest BCUT2D eigenvalue weighted by Gasteiger charge is 2.26. The summed E-state index contributed by atoms with van der Waals surface area (Å²) in [6, 6.07) is 14.6. The topological polar surface area (TPSA) is 83.2 Å². The third-order valence-corrected chi connectivity index (χ3v) is 5.44. The Morgan fingerprint density at radius 1 is 1.10 bits per heavy atom. The van der Waals surface area contributed by atoms with Gasteiger partial charge in [-0.15, -0.1) is 0 Å². The van der Waals surface area contributed by atoms with E-state index in [1.165, 1.54) is 12.7 Å². The van der Waals surface area contributed by atoms with Crippen LogP contribution in [0.3, 0.4) is 0 Å². The van der Waals surface area contributed by atoms with E-state index in [0.29, 0.717) is 18.7 Å². The van der Waals surface area contributed by atoms with Crippen LogP contribution in [-0.2, 0) is 27.3 Å². The molecule has 7 heteroatoms. The molecule has 6 nitrogen and oxygen atoms in total. The Kier molecular flexibility index (Phi) is 7.54. The number of carbonyl (C=O) groups is 2. The van der Waals surface area contributed by atoms with E-state index in [0.717, 1.165) is 22.0 Å². The van der Waals surface area contributed by atoms with Gasteiger partial charge < -0.3 is 20.4 Å². The molecule has 0 radical (unpaired) electrons. The van der Waals surface area contributed by atoms with Crippen LogP contribution in [0, 0.1) is 6.92 Å². The standard InChI is InChI=1S/C23H27N3O3S/c1-15-7-9-16(10-8-15)12-24-21(14-30)22(27)26-20(23(28)29-2)11-17-13-25-19-6-4-3-5-18(17)19/h3-10,13,20-21,24-25,30H,11-12,14H2,1-2H3,(H,26,27)/t20-,21-/m0/s1. The number of amides is 1. The second-order valence-electron chi connectivity index (χ2n) is 7.25. The monoisotopic (exact) mass is 425 g/mol. The van der Waals surface area contributed by atoms with Crippen molar-refractivity contribution in [3.8, 4) is 0 Å². The van der Waals surface area contributed by atoms with E-state index in [1.807, 2.05) is 61.7 Å². The van der Waals surface area contributed by atoms with Gasteiger partial charge >= 0.3 is 5.97 Å². The normalized spacial score (nSPS) is 13.0. The van der Waals surface area contributed by atoms with Crippen molar-refractivity contribution in [2.45, 2.75) is 32.0 Å². The fraction of sp³-hybridized carbons (Fsp3) is 0.304. The van der Waals surface area contributed by atoms with Crippen molar-refractivity contribution < 1.29 is 14.3 Å². The lowest BCUT2D eigenvalue weighted by Crippen LogP contribution is -2.51. The number of aromatic amines is 1. The van der Waals surface area contributed by atoms with Crippen LogP contribution in [0.1, 0.15) is 16.7 Å². The molecule has 0 aliphatic heterocycles. The van der Waals surface area contributed by atoms with Gasteiger partial charge in [0.05, 0.1) is 13.2 Å². The number of thiol groups is 1. The van der Waals surface area contributed by atoms with Crippen molar-refractivity contribution in [1.82, 2.24) is 15.6 Å². The minimum Gasteiger partial charge on any atom is -0.467 e. The number of methoxy groups -OCH3 is 1. The number of esters is 1. The molecule has 0 aliphatic rings. The number of para-hydroxylation sites is 1. The Hall–Kier alpha value is -2.77. The molecule has 0 bridgehead atoms. The van der Waals surface area contributed by atoms with Gasteiger partial charge in [-0.05, 0) is 24.1 Å². The molecule has 3 N–H and O–H groups in total. The maximum Gasteiger partial charge on any atom is 0.328 e. The highest BCUT2D eigenvalue weighted by atomic mass is 32.1. The third-order valence-electron chi connectivity index (χ3n) is 5.07. The average Bonchev–Trinajstić information content (AvgIpc) is 3.17. The van der Waals surface area contributed by atoms with Crippen LogP contribution >= 0.6 is 12.6 Å². The number of hydrogen-bond donors (Lipinski definition) is 4. The minimum absolute atomic E-state index is 0.285. The van der Waals surface area contributed by atoms with Gasteiger partial charge in [-0.1, -0.05) is 48.0 Å². The van der Waals surface area contributed by atoms with Crippen LogP contribution in [-0.4, -0.2) is 41.8 Å². The summed E-state index contributed by atoms with van der Waals surface area (Å²) in [5.41, 5.74) is 4.18. The Labute approximate surface area is 181 Å². The smallest absolute Gasteiger partial charge is 0.328 e. The molecule has 0 fully saturated rings. The molecule has 0 unspecified atom stereocenters. The summed E-state index contributed by atoms with van der Waals surface area (Å²) >= 11 is 4.31. The van der Waals surface area contributed by atoms with Crippen molar-refractivity contribution in [3.05, 3.63) is 71.4 Å². The zero-order chi connectivity index (χ0) is 21.5. The quantitative estimate of drug-likeness (QED) is 0.314. The van der Waals surface area contributed by atoms with E-state index in [-0.39, 0.29) is 5.91 Å². The predicted molar refractivity (Wildman–Crippen MR) is 122 cm³/mol. The zero-order valence-corrected chi connectivity index (χ0v) is 18.0. The molecule has 0 saturated heterocycles. The molecule has 1 aromatic heterocycles. The zero-order valence-electron chi connectivity index (χ0n) is 17.1. The van der Waals surface area contributed by atoms with Gasteiger partial charge in [0.1, 0.15) is 6.04 Å². The minimum atomic E-state index is -0.787. The highest BCUT2D eigenvalue weighted by Crippen LogP contribution is 2.19. The summed E-state index contributed by atoms with van der Waals surface area (Å²) in [5.74, 6) is -0.462. The van der Waals surface area contributed by atoms with Gasteiger partial charge in [0.2, 0.25) is 5.91 Å². The first-order valence-electron chi connectivity index (χ1n) is 9.84. The maximum atomic E-state index is 12.8. The lowest BCUT2D eigenvalue weighted by molar-refractivity contribution is -0.145. The number of nitrogens with one attached hydrogen (secondary N) is 3. The number of H-pyrrole nitrogens is 1. The van der Waals surface area contributed by atoms with Gasteiger partial charge in [-0.3, -0.25) is 4.79 Å². The van der Waals surface area contributed by atoms with Gasteiger partial charge in [0.15, 0.2) is 0 Å². The SMILES string of the molecule is COC(=O)[C@H](Cc1c[nH]c2ccccc12)NC(=O)[C@H](CS)NCc1ccc(C)cc1. The van der Waals surface area contributed by atoms with Crippen LogP contribution in [0.5, 0.6) is 0 Å². The van der Waals surface area contributed by atoms with E-state index in [1.54, 1.807) is 0 Å². The molecule has 3 aromatic rings. The first-order chi connectivity index (χ1) is 14.5. The van der Waals surface area contributed by atoms with Crippen molar-refractivity contribution in [3.63, 3.8) is 0 Å². The molecule has 1 heterocycles. The molecule has 1 amide bonds. The lowest BCUT2D eigenvalue weighted by Gasteiger charge is -2.21. The van der Waals surface area contributed by atoms with Crippen LogP contribution in [0.2, 0.25) is 0 Å². The van der Waals surface area contributed by atoms with Gasteiger partial charge in [0.25, 0.3) is 0 Å². The Morgan fingerprint density at radius 2 is 1.83 bits per heavy atom. The Balaban J connectivity index is 1.67. The first kappa shape index (κ1) is 21.9. The van der Waals surface area contributed by atoms with Gasteiger partial charge in [-0.2, -0.15) is 12.6 Å². The van der Waals surface area contributed by atoms with Gasteiger partial charge in [0, 0.05) is 35.8 Å². The van der Waals surface area contributed by atoms with Crippen molar-refractivity contribution in [2.75, 3.05) is 12.9 Å². The second-order valence-corrected chi connectivity index (χ2v) is 7.61. The van der Waals surface area contributed by atoms with Crippen molar-refractivity contribution in [1.29, 1.82) is 0 Å². The van der Waals surface area contributed by atoms with Crippen LogP contribution < -0.4 is 10.6 Å². The van der Waals surface area contributed by atoms with Gasteiger partial charge in [-0.25, -0.2) is 4.79 Å². The fourth-order valence-electron chi connectivity index (χ4n) is 3.32. The molecular weight excluding hydrogens is 398 g/mol. The number of aromatic nitrogens is 1. The number of ether oxygens (including phenoxy) is 1. The van der Waals surface area contributed by atoms with E-state index in [4.69, 9.17) is 4.74 Å². The summed E-state index contributed by atoms with van der Waals surface area (Å²) < 4.78 is 4.92. The number of rotatable bonds is 9. The summed E-state index contributed by atoms with van der Waals surface area (Å²) in [4.78, 5) is 28.4. The largest absolute Gasteiger partial charge is 0.467 e. The summed E-state index contributed by atoms with van der Waals surface area (Å²) in [6.07, 6.45) is 2.19. The van der Waals surface area contributed by atoms with Crippen LogP contribution in [0.4, 0.5) is 0 Å². The predicted octanol–water partition coefficient (Wildman–Crippen LogP) is 2.76. The fourth-order valence-corrected chi connectivity index (χ4v) is 3.61.